The van der Waals surface area contributed by atoms with Gasteiger partial charge in [0.1, 0.15) is 12.2 Å². The molecule has 0 heterocycles. The highest BCUT2D eigenvalue weighted by Gasteiger charge is 2.28. The molecule has 376 valence electrons. The summed E-state index contributed by atoms with van der Waals surface area (Å²) >= 11 is 0. The Hall–Kier alpha value is -0.950. The van der Waals surface area contributed by atoms with Crippen LogP contribution in [0.5, 0.6) is 0 Å². The molecule has 4 unspecified atom stereocenters. The lowest BCUT2D eigenvalue weighted by Crippen LogP contribution is -2.53. The van der Waals surface area contributed by atoms with Crippen LogP contribution >= 0.6 is 0 Å². The summed E-state index contributed by atoms with van der Waals surface area (Å²) in [6.45, 7) is 4.09. The Morgan fingerprint density at radius 1 is 0.381 bits per heavy atom. The Labute approximate surface area is 393 Å². The molecule has 0 aromatic rings. The van der Waals surface area contributed by atoms with Gasteiger partial charge in [0.2, 0.25) is 5.91 Å². The summed E-state index contributed by atoms with van der Waals surface area (Å²) < 4.78 is 0. The molecule has 0 rings (SSSR count). The van der Waals surface area contributed by atoms with Crippen molar-refractivity contribution >= 4 is 5.91 Å². The monoisotopic (exact) mass is 892 g/mol. The second-order valence-corrected chi connectivity index (χ2v) is 20.0. The van der Waals surface area contributed by atoms with Crippen LogP contribution in [0.4, 0.5) is 0 Å². The number of hydrogen-bond acceptors (Lipinski definition) is 5. The number of aliphatic hydroxyl groups is 4. The third-order valence-corrected chi connectivity index (χ3v) is 13.7. The summed E-state index contributed by atoms with van der Waals surface area (Å²) in [4.78, 5) is 12.6. The van der Waals surface area contributed by atoms with Crippen molar-refractivity contribution in [1.29, 1.82) is 0 Å². The molecule has 0 spiro atoms. The van der Waals surface area contributed by atoms with E-state index in [9.17, 15) is 25.2 Å². The van der Waals surface area contributed by atoms with Crippen LogP contribution in [0, 0.1) is 0 Å². The van der Waals surface area contributed by atoms with Crippen molar-refractivity contribution in [3.8, 4) is 0 Å². The van der Waals surface area contributed by atoms with E-state index in [1.54, 1.807) is 0 Å². The van der Waals surface area contributed by atoms with Gasteiger partial charge in [0.25, 0.3) is 0 Å². The number of aliphatic hydroxyl groups excluding tert-OH is 4. The molecule has 6 heteroatoms. The standard InChI is InChI=1S/C57H113NO5/c1-3-5-7-9-11-13-15-17-19-21-23-25-26-27-28-29-31-33-35-37-39-41-43-45-47-49-51-55(61)57(63)58-53(52-59)56(62)54(60)50-48-46-44-42-40-38-36-34-32-30-24-22-20-18-16-14-12-10-8-6-4-2/h42,44,53-56,59-62H,3-41,43,45-52H2,1-2H3,(H,58,63)/b44-42+. The average molecular weight is 893 g/mol. The summed E-state index contributed by atoms with van der Waals surface area (Å²) in [5.74, 6) is -0.586. The first-order chi connectivity index (χ1) is 31.0. The molecule has 4 atom stereocenters. The van der Waals surface area contributed by atoms with Crippen molar-refractivity contribution in [3.63, 3.8) is 0 Å². The maximum atomic E-state index is 12.6. The van der Waals surface area contributed by atoms with Gasteiger partial charge in [-0.3, -0.25) is 4.79 Å². The summed E-state index contributed by atoms with van der Waals surface area (Å²) in [5, 5.41) is 44.0. The second-order valence-electron chi connectivity index (χ2n) is 20.0. The normalized spacial score (nSPS) is 13.8. The summed E-state index contributed by atoms with van der Waals surface area (Å²) in [6, 6.07) is -0.999. The van der Waals surface area contributed by atoms with Gasteiger partial charge >= 0.3 is 0 Å². The molecule has 63 heavy (non-hydrogen) atoms. The Morgan fingerprint density at radius 3 is 0.952 bits per heavy atom. The Bertz CT molecular complexity index is 913. The van der Waals surface area contributed by atoms with Crippen molar-refractivity contribution in [2.75, 3.05) is 6.61 Å². The highest BCUT2D eigenvalue weighted by atomic mass is 16.3. The fraction of sp³-hybridized carbons (Fsp3) is 0.947. The van der Waals surface area contributed by atoms with Crippen molar-refractivity contribution in [2.24, 2.45) is 0 Å². The van der Waals surface area contributed by atoms with Crippen molar-refractivity contribution in [3.05, 3.63) is 12.2 Å². The number of amides is 1. The number of unbranched alkanes of at least 4 members (excludes halogenated alkanes) is 42. The number of allylic oxidation sites excluding steroid dienone is 2. The van der Waals surface area contributed by atoms with Crippen LogP contribution in [-0.2, 0) is 4.79 Å². The van der Waals surface area contributed by atoms with Gasteiger partial charge in [-0.1, -0.05) is 289 Å². The molecule has 0 aliphatic heterocycles. The first-order valence-corrected chi connectivity index (χ1v) is 28.6. The Kier molecular flexibility index (Phi) is 51.2. The zero-order valence-corrected chi connectivity index (χ0v) is 42.6. The van der Waals surface area contributed by atoms with Crippen LogP contribution in [0.1, 0.15) is 316 Å². The van der Waals surface area contributed by atoms with E-state index < -0.39 is 36.9 Å². The highest BCUT2D eigenvalue weighted by Crippen LogP contribution is 2.18. The topological polar surface area (TPSA) is 110 Å². The first kappa shape index (κ1) is 62.1. The number of rotatable bonds is 53. The zero-order valence-electron chi connectivity index (χ0n) is 42.6. The van der Waals surface area contributed by atoms with Crippen LogP contribution in [0.2, 0.25) is 0 Å². The average Bonchev–Trinajstić information content (AvgIpc) is 3.29. The second kappa shape index (κ2) is 52.0. The minimum absolute atomic E-state index is 0.369. The molecule has 0 saturated carbocycles. The molecular weight excluding hydrogens is 779 g/mol. The van der Waals surface area contributed by atoms with Crippen molar-refractivity contribution < 1.29 is 25.2 Å². The van der Waals surface area contributed by atoms with Gasteiger partial charge in [-0.05, 0) is 38.5 Å². The van der Waals surface area contributed by atoms with E-state index in [0.717, 1.165) is 38.5 Å². The summed E-state index contributed by atoms with van der Waals surface area (Å²) in [6.07, 6.45) is 61.4. The van der Waals surface area contributed by atoms with E-state index in [0.29, 0.717) is 12.8 Å². The van der Waals surface area contributed by atoms with E-state index in [-0.39, 0.29) is 0 Å². The van der Waals surface area contributed by atoms with Crippen molar-refractivity contribution in [1.82, 2.24) is 5.32 Å². The molecule has 0 saturated heterocycles. The van der Waals surface area contributed by atoms with E-state index in [2.05, 4.69) is 31.3 Å². The Balaban J connectivity index is 3.61. The molecule has 0 aromatic carbocycles. The first-order valence-electron chi connectivity index (χ1n) is 28.6. The molecule has 0 radical (unpaired) electrons. The summed E-state index contributed by atoms with van der Waals surface area (Å²) in [7, 11) is 0. The van der Waals surface area contributed by atoms with E-state index >= 15 is 0 Å². The van der Waals surface area contributed by atoms with Gasteiger partial charge in [-0.2, -0.15) is 0 Å². The minimum atomic E-state index is -1.28. The maximum Gasteiger partial charge on any atom is 0.249 e. The van der Waals surface area contributed by atoms with E-state index in [1.807, 2.05) is 0 Å². The predicted octanol–water partition coefficient (Wildman–Crippen LogP) is 16.5. The van der Waals surface area contributed by atoms with Crippen LogP contribution < -0.4 is 5.32 Å². The molecule has 0 bridgehead atoms. The SMILES string of the molecule is CCCCCCCCCCCCCCCCCC/C=C/CCCC(O)C(O)C(CO)NC(=O)C(O)CCCCCCCCCCCCCCCCCCCCCCCCCCCC. The Morgan fingerprint density at radius 2 is 0.651 bits per heavy atom. The lowest BCUT2D eigenvalue weighted by molar-refractivity contribution is -0.132. The number of hydrogen-bond donors (Lipinski definition) is 5. The van der Waals surface area contributed by atoms with Gasteiger partial charge in [0.05, 0.1) is 18.8 Å². The fourth-order valence-electron chi connectivity index (χ4n) is 9.23. The molecule has 1 amide bonds. The van der Waals surface area contributed by atoms with Crippen LogP contribution in [0.3, 0.4) is 0 Å². The number of carbonyl (C=O) groups excluding carboxylic acids is 1. The quantitative estimate of drug-likeness (QED) is 0.0309. The van der Waals surface area contributed by atoms with Crippen LogP contribution in [0.15, 0.2) is 12.2 Å². The van der Waals surface area contributed by atoms with Crippen LogP contribution in [-0.4, -0.2) is 57.3 Å². The molecule has 0 fully saturated rings. The third kappa shape index (κ3) is 46.0. The highest BCUT2D eigenvalue weighted by molar-refractivity contribution is 5.80. The molecule has 6 nitrogen and oxygen atoms in total. The molecule has 0 aromatic heterocycles. The van der Waals surface area contributed by atoms with Gasteiger partial charge in [0.15, 0.2) is 0 Å². The van der Waals surface area contributed by atoms with Gasteiger partial charge in [-0.25, -0.2) is 0 Å². The minimum Gasteiger partial charge on any atom is -0.394 e. The summed E-state index contributed by atoms with van der Waals surface area (Å²) in [5.41, 5.74) is 0. The lowest BCUT2D eigenvalue weighted by Gasteiger charge is -2.27. The molecule has 5 N–H and O–H groups in total. The van der Waals surface area contributed by atoms with Gasteiger partial charge in [-0.15, -0.1) is 0 Å². The smallest absolute Gasteiger partial charge is 0.249 e. The fourth-order valence-corrected chi connectivity index (χ4v) is 9.23. The number of nitrogens with one attached hydrogen (secondary N) is 1. The third-order valence-electron chi connectivity index (χ3n) is 13.7. The van der Waals surface area contributed by atoms with Gasteiger partial charge in [0, 0.05) is 0 Å². The van der Waals surface area contributed by atoms with E-state index in [1.165, 1.54) is 250 Å². The van der Waals surface area contributed by atoms with Gasteiger partial charge < -0.3 is 25.7 Å². The maximum absolute atomic E-state index is 12.6. The lowest BCUT2D eigenvalue weighted by atomic mass is 10.00. The largest absolute Gasteiger partial charge is 0.394 e. The van der Waals surface area contributed by atoms with Crippen LogP contribution in [0.25, 0.3) is 0 Å². The predicted molar refractivity (Wildman–Crippen MR) is 275 cm³/mol. The zero-order chi connectivity index (χ0) is 45.9. The van der Waals surface area contributed by atoms with E-state index in [4.69, 9.17) is 0 Å². The number of carbonyl (C=O) groups is 1. The molecular formula is C57H113NO5. The van der Waals surface area contributed by atoms with Crippen molar-refractivity contribution in [2.45, 2.75) is 340 Å². The molecule has 0 aliphatic carbocycles. The molecule has 0 aliphatic rings.